The maximum Gasteiger partial charge on any atom is 0.306 e. The van der Waals surface area contributed by atoms with Crippen molar-refractivity contribution in [2.24, 2.45) is 0 Å². The van der Waals surface area contributed by atoms with Gasteiger partial charge in [-0.25, -0.2) is 0 Å². The van der Waals surface area contributed by atoms with Crippen molar-refractivity contribution in [1.29, 1.82) is 0 Å². The van der Waals surface area contributed by atoms with Crippen LogP contribution in [0.15, 0.2) is 30.3 Å². The smallest absolute Gasteiger partial charge is 0.306 e. The van der Waals surface area contributed by atoms with Crippen LogP contribution in [0.1, 0.15) is 43.8 Å². The zero-order valence-corrected chi connectivity index (χ0v) is 14.3. The fourth-order valence-electron chi connectivity index (χ4n) is 3.53. The second kappa shape index (κ2) is 8.45. The van der Waals surface area contributed by atoms with E-state index >= 15 is 0 Å². The molecule has 0 aromatic heterocycles. The van der Waals surface area contributed by atoms with Gasteiger partial charge < -0.3 is 19.5 Å². The van der Waals surface area contributed by atoms with Gasteiger partial charge in [-0.1, -0.05) is 43.2 Å². The van der Waals surface area contributed by atoms with E-state index < -0.39 is 18.2 Å². The molecule has 1 amide bonds. The standard InChI is InChI=1S/C19H25NO5/c21-17(22)12-16-13-20(10-11-24-16)19(23)18(14-6-2-1-3-7-14)25-15-8-4-5-9-15/h1-3,6-7,15-16,18H,4-5,8-13H2,(H,21,22). The molecule has 6 heteroatoms. The van der Waals surface area contributed by atoms with Gasteiger partial charge in [0.25, 0.3) is 5.91 Å². The van der Waals surface area contributed by atoms with Gasteiger partial charge in [0.05, 0.1) is 25.2 Å². The van der Waals surface area contributed by atoms with Gasteiger partial charge in [-0.2, -0.15) is 0 Å². The van der Waals surface area contributed by atoms with Crippen molar-refractivity contribution in [2.75, 3.05) is 19.7 Å². The largest absolute Gasteiger partial charge is 0.481 e. The lowest BCUT2D eigenvalue weighted by Crippen LogP contribution is -2.48. The van der Waals surface area contributed by atoms with Crippen molar-refractivity contribution in [2.45, 2.75) is 50.4 Å². The molecule has 1 N–H and O–H groups in total. The number of carbonyl (C=O) groups is 2. The van der Waals surface area contributed by atoms with Gasteiger partial charge in [0.2, 0.25) is 0 Å². The van der Waals surface area contributed by atoms with Gasteiger partial charge >= 0.3 is 5.97 Å². The Kier molecular flexibility index (Phi) is 6.04. The van der Waals surface area contributed by atoms with E-state index in [1.807, 2.05) is 30.3 Å². The minimum atomic E-state index is -0.916. The van der Waals surface area contributed by atoms with E-state index in [9.17, 15) is 9.59 Å². The zero-order chi connectivity index (χ0) is 17.6. The number of hydrogen-bond donors (Lipinski definition) is 1. The fourth-order valence-corrected chi connectivity index (χ4v) is 3.53. The molecule has 1 saturated heterocycles. The van der Waals surface area contributed by atoms with E-state index in [1.54, 1.807) is 4.90 Å². The number of morpholine rings is 1. The number of ether oxygens (including phenoxy) is 2. The van der Waals surface area contributed by atoms with Gasteiger partial charge in [-0.15, -0.1) is 0 Å². The summed E-state index contributed by atoms with van der Waals surface area (Å²) in [5.74, 6) is -1.02. The molecule has 1 heterocycles. The van der Waals surface area contributed by atoms with Crippen LogP contribution in [0.25, 0.3) is 0 Å². The predicted octanol–water partition coefficient (Wildman–Crippen LogP) is 2.39. The Morgan fingerprint density at radius 2 is 1.96 bits per heavy atom. The van der Waals surface area contributed by atoms with Crippen LogP contribution in [-0.4, -0.2) is 53.8 Å². The molecule has 136 valence electrons. The number of hydrogen-bond acceptors (Lipinski definition) is 4. The number of carboxylic acids is 1. The normalized spacial score (nSPS) is 22.7. The molecule has 1 aliphatic carbocycles. The number of rotatable bonds is 6. The van der Waals surface area contributed by atoms with E-state index in [2.05, 4.69) is 0 Å². The summed E-state index contributed by atoms with van der Waals surface area (Å²) in [5, 5.41) is 8.96. The maximum atomic E-state index is 13.1. The van der Waals surface area contributed by atoms with Gasteiger partial charge in [0, 0.05) is 13.1 Å². The fraction of sp³-hybridized carbons (Fsp3) is 0.579. The molecular weight excluding hydrogens is 322 g/mol. The monoisotopic (exact) mass is 347 g/mol. The number of carbonyl (C=O) groups excluding carboxylic acids is 1. The first kappa shape index (κ1) is 17.9. The van der Waals surface area contributed by atoms with E-state index in [0.29, 0.717) is 19.7 Å². The third-order valence-electron chi connectivity index (χ3n) is 4.81. The summed E-state index contributed by atoms with van der Waals surface area (Å²) in [6.07, 6.45) is 3.18. The third kappa shape index (κ3) is 4.80. The molecule has 2 aliphatic rings. The Balaban J connectivity index is 1.72. The summed E-state index contributed by atoms with van der Waals surface area (Å²) in [7, 11) is 0. The van der Waals surface area contributed by atoms with Gasteiger partial charge in [0.1, 0.15) is 0 Å². The van der Waals surface area contributed by atoms with E-state index in [-0.39, 0.29) is 18.4 Å². The minimum absolute atomic E-state index is 0.0940. The lowest BCUT2D eigenvalue weighted by molar-refractivity contribution is -0.158. The Morgan fingerprint density at radius 1 is 1.24 bits per heavy atom. The number of aliphatic carboxylic acids is 1. The molecule has 2 atom stereocenters. The average Bonchev–Trinajstić information content (AvgIpc) is 3.13. The molecule has 1 aromatic rings. The summed E-state index contributed by atoms with van der Waals surface area (Å²) in [6.45, 7) is 1.11. The van der Waals surface area contributed by atoms with Crippen molar-refractivity contribution in [1.82, 2.24) is 4.90 Å². The molecule has 0 radical (unpaired) electrons. The highest BCUT2D eigenvalue weighted by molar-refractivity contribution is 5.82. The highest BCUT2D eigenvalue weighted by atomic mass is 16.5. The van der Waals surface area contributed by atoms with Crippen LogP contribution in [-0.2, 0) is 19.1 Å². The summed E-state index contributed by atoms with van der Waals surface area (Å²) >= 11 is 0. The molecule has 1 aromatic carbocycles. The van der Waals surface area contributed by atoms with Crippen LogP contribution >= 0.6 is 0 Å². The van der Waals surface area contributed by atoms with Crippen molar-refractivity contribution in [3.8, 4) is 0 Å². The molecule has 2 unspecified atom stereocenters. The lowest BCUT2D eigenvalue weighted by Gasteiger charge is -2.35. The maximum absolute atomic E-state index is 13.1. The van der Waals surface area contributed by atoms with Crippen LogP contribution in [0.5, 0.6) is 0 Å². The van der Waals surface area contributed by atoms with Crippen LogP contribution in [0, 0.1) is 0 Å². The molecule has 2 fully saturated rings. The quantitative estimate of drug-likeness (QED) is 0.855. The first-order valence-corrected chi connectivity index (χ1v) is 8.96. The Labute approximate surface area is 147 Å². The van der Waals surface area contributed by atoms with Crippen LogP contribution < -0.4 is 0 Å². The molecule has 0 spiro atoms. The summed E-state index contributed by atoms with van der Waals surface area (Å²) in [6, 6.07) is 9.54. The molecule has 0 bridgehead atoms. The highest BCUT2D eigenvalue weighted by Gasteiger charge is 2.33. The van der Waals surface area contributed by atoms with Crippen molar-refractivity contribution < 1.29 is 24.2 Å². The van der Waals surface area contributed by atoms with Crippen LogP contribution in [0.3, 0.4) is 0 Å². The minimum Gasteiger partial charge on any atom is -0.481 e. The second-order valence-electron chi connectivity index (χ2n) is 6.71. The average molecular weight is 347 g/mol. The number of amides is 1. The molecule has 1 saturated carbocycles. The van der Waals surface area contributed by atoms with E-state index in [4.69, 9.17) is 14.6 Å². The lowest BCUT2D eigenvalue weighted by atomic mass is 10.1. The van der Waals surface area contributed by atoms with E-state index in [0.717, 1.165) is 31.2 Å². The summed E-state index contributed by atoms with van der Waals surface area (Å²) in [5.41, 5.74) is 0.848. The van der Waals surface area contributed by atoms with Crippen LogP contribution in [0.2, 0.25) is 0 Å². The first-order chi connectivity index (χ1) is 12.1. The summed E-state index contributed by atoms with van der Waals surface area (Å²) < 4.78 is 11.7. The van der Waals surface area contributed by atoms with E-state index in [1.165, 1.54) is 0 Å². The van der Waals surface area contributed by atoms with Crippen molar-refractivity contribution in [3.05, 3.63) is 35.9 Å². The Hall–Kier alpha value is -1.92. The molecule has 25 heavy (non-hydrogen) atoms. The highest BCUT2D eigenvalue weighted by Crippen LogP contribution is 2.29. The molecule has 6 nitrogen and oxygen atoms in total. The Bertz CT molecular complexity index is 585. The molecular formula is C19H25NO5. The number of carboxylic acid groups (broad SMARTS) is 1. The second-order valence-corrected chi connectivity index (χ2v) is 6.71. The number of nitrogens with zero attached hydrogens (tertiary/aromatic N) is 1. The predicted molar refractivity (Wildman–Crippen MR) is 91.1 cm³/mol. The first-order valence-electron chi connectivity index (χ1n) is 8.96. The van der Waals surface area contributed by atoms with Gasteiger partial charge in [0.15, 0.2) is 6.10 Å². The zero-order valence-electron chi connectivity index (χ0n) is 14.3. The molecule has 3 rings (SSSR count). The number of benzene rings is 1. The van der Waals surface area contributed by atoms with Gasteiger partial charge in [-0.05, 0) is 18.4 Å². The molecule has 1 aliphatic heterocycles. The van der Waals surface area contributed by atoms with Crippen molar-refractivity contribution >= 4 is 11.9 Å². The third-order valence-corrected chi connectivity index (χ3v) is 4.81. The summed E-state index contributed by atoms with van der Waals surface area (Å²) in [4.78, 5) is 25.7. The Morgan fingerprint density at radius 3 is 2.64 bits per heavy atom. The topological polar surface area (TPSA) is 76.1 Å². The van der Waals surface area contributed by atoms with Crippen molar-refractivity contribution in [3.63, 3.8) is 0 Å². The van der Waals surface area contributed by atoms with Crippen LogP contribution in [0.4, 0.5) is 0 Å². The SMILES string of the molecule is O=C(O)CC1CN(C(=O)C(OC2CCCC2)c2ccccc2)CCO1. The van der Waals surface area contributed by atoms with Gasteiger partial charge in [-0.3, -0.25) is 9.59 Å².